The number of ketones is 2. The van der Waals surface area contributed by atoms with E-state index in [0.29, 0.717) is 48.4 Å². The van der Waals surface area contributed by atoms with Crippen molar-refractivity contribution >= 4 is 28.7 Å². The molecular weight excluding hydrogens is 442 g/mol. The van der Waals surface area contributed by atoms with Crippen LogP contribution >= 0.6 is 0 Å². The lowest BCUT2D eigenvalue weighted by Gasteiger charge is -2.36. The third kappa shape index (κ3) is 3.15. The number of methoxy groups -OCH3 is 1. The number of ether oxygens (including phenoxy) is 1. The zero-order chi connectivity index (χ0) is 24.1. The van der Waals surface area contributed by atoms with E-state index < -0.39 is 0 Å². The molecule has 0 bridgehead atoms. The lowest BCUT2D eigenvalue weighted by molar-refractivity contribution is 0.0744. The van der Waals surface area contributed by atoms with Gasteiger partial charge in [-0.2, -0.15) is 0 Å². The normalized spacial score (nSPS) is 15.2. The Labute approximate surface area is 202 Å². The van der Waals surface area contributed by atoms with Gasteiger partial charge in [0.2, 0.25) is 5.78 Å². The number of pyridine rings is 1. The molecule has 1 amide bonds. The maximum Gasteiger partial charge on any atom is 0.256 e. The minimum absolute atomic E-state index is 0.206. The summed E-state index contributed by atoms with van der Waals surface area (Å²) >= 11 is 0. The van der Waals surface area contributed by atoms with Crippen LogP contribution < -0.4 is 9.64 Å². The van der Waals surface area contributed by atoms with Gasteiger partial charge in [0.25, 0.3) is 5.91 Å². The molecule has 4 aromatic rings. The van der Waals surface area contributed by atoms with Crippen molar-refractivity contribution in [1.82, 2.24) is 9.30 Å². The van der Waals surface area contributed by atoms with Gasteiger partial charge in [0.1, 0.15) is 11.4 Å². The number of carbonyl (C=O) groups is 3. The number of anilines is 1. The average molecular weight is 466 g/mol. The Morgan fingerprint density at radius 3 is 2.20 bits per heavy atom. The summed E-state index contributed by atoms with van der Waals surface area (Å²) in [6.07, 6.45) is 1.74. The molecule has 2 aromatic heterocycles. The van der Waals surface area contributed by atoms with E-state index in [-0.39, 0.29) is 28.7 Å². The molecule has 1 aliphatic heterocycles. The highest BCUT2D eigenvalue weighted by atomic mass is 16.5. The summed E-state index contributed by atoms with van der Waals surface area (Å²) < 4.78 is 7.18. The van der Waals surface area contributed by atoms with Gasteiger partial charge in [-0.05, 0) is 24.3 Å². The van der Waals surface area contributed by atoms with E-state index >= 15 is 0 Å². The van der Waals surface area contributed by atoms with Gasteiger partial charge >= 0.3 is 0 Å². The van der Waals surface area contributed by atoms with E-state index in [0.717, 1.165) is 11.4 Å². The average Bonchev–Trinajstić information content (AvgIpc) is 3.27. The molecule has 0 atom stereocenters. The van der Waals surface area contributed by atoms with Gasteiger partial charge in [-0.25, -0.2) is 0 Å². The van der Waals surface area contributed by atoms with Crippen molar-refractivity contribution in [1.29, 1.82) is 0 Å². The second-order valence-electron chi connectivity index (χ2n) is 8.71. The number of amides is 1. The lowest BCUT2D eigenvalue weighted by Crippen LogP contribution is -2.49. The first kappa shape index (κ1) is 21.2. The first-order valence-corrected chi connectivity index (χ1v) is 11.6. The molecule has 35 heavy (non-hydrogen) atoms. The van der Waals surface area contributed by atoms with E-state index in [9.17, 15) is 14.4 Å². The van der Waals surface area contributed by atoms with Crippen LogP contribution in [0.5, 0.6) is 5.75 Å². The molecule has 2 aromatic carbocycles. The molecule has 0 unspecified atom stereocenters. The predicted octanol–water partition coefficient (Wildman–Crippen LogP) is 3.69. The number of carbonyl (C=O) groups excluding carboxylic acids is 3. The molecular formula is C28H23N3O4. The molecule has 2 aliphatic rings. The first-order chi connectivity index (χ1) is 17.1. The van der Waals surface area contributed by atoms with E-state index in [1.54, 1.807) is 59.0 Å². The topological polar surface area (TPSA) is 71.3 Å². The maximum absolute atomic E-state index is 13.9. The lowest BCUT2D eigenvalue weighted by atomic mass is 9.86. The third-order valence-corrected chi connectivity index (χ3v) is 6.91. The predicted molar refractivity (Wildman–Crippen MR) is 132 cm³/mol. The summed E-state index contributed by atoms with van der Waals surface area (Å²) in [4.78, 5) is 44.9. The number of para-hydroxylation sites is 2. The van der Waals surface area contributed by atoms with E-state index in [4.69, 9.17) is 4.74 Å². The number of piperazine rings is 1. The van der Waals surface area contributed by atoms with Crippen molar-refractivity contribution in [3.05, 3.63) is 101 Å². The van der Waals surface area contributed by atoms with Gasteiger partial charge in [-0.3, -0.25) is 14.4 Å². The van der Waals surface area contributed by atoms with Gasteiger partial charge in [0.05, 0.1) is 29.4 Å². The second-order valence-corrected chi connectivity index (χ2v) is 8.71. The second kappa shape index (κ2) is 8.13. The summed E-state index contributed by atoms with van der Waals surface area (Å²) in [5, 5.41) is 0. The molecule has 7 nitrogen and oxygen atoms in total. The molecule has 1 fully saturated rings. The van der Waals surface area contributed by atoms with Gasteiger partial charge in [0.15, 0.2) is 5.78 Å². The number of hydrogen-bond acceptors (Lipinski definition) is 5. The van der Waals surface area contributed by atoms with Crippen LogP contribution in [0.4, 0.5) is 5.69 Å². The minimum atomic E-state index is -0.282. The zero-order valence-electron chi connectivity index (χ0n) is 19.2. The SMILES string of the molecule is COc1ccccc1N1CCN(C(=O)c2c3c(n4ccccc24)C(=O)c2ccccc2C3=O)CC1. The number of fused-ring (bicyclic) bond motifs is 4. The molecule has 0 N–H and O–H groups in total. The molecule has 6 rings (SSSR count). The van der Waals surface area contributed by atoms with Crippen molar-refractivity contribution in [2.75, 3.05) is 38.2 Å². The molecule has 0 saturated carbocycles. The Morgan fingerprint density at radius 2 is 1.46 bits per heavy atom. The van der Waals surface area contributed by atoms with Gasteiger partial charge < -0.3 is 18.9 Å². The molecule has 174 valence electrons. The molecule has 0 radical (unpaired) electrons. The Morgan fingerprint density at radius 1 is 0.800 bits per heavy atom. The van der Waals surface area contributed by atoms with Crippen LogP contribution in [-0.2, 0) is 0 Å². The van der Waals surface area contributed by atoms with Crippen LogP contribution in [-0.4, -0.2) is 60.1 Å². The van der Waals surface area contributed by atoms with Gasteiger partial charge in [-0.15, -0.1) is 0 Å². The van der Waals surface area contributed by atoms with Crippen molar-refractivity contribution in [2.24, 2.45) is 0 Å². The molecule has 1 aliphatic carbocycles. The Kier molecular flexibility index (Phi) is 4.91. The Bertz CT molecular complexity index is 1510. The van der Waals surface area contributed by atoms with E-state index in [1.807, 2.05) is 30.3 Å². The van der Waals surface area contributed by atoms with Gasteiger partial charge in [0, 0.05) is 43.5 Å². The Hall–Kier alpha value is -4.39. The van der Waals surface area contributed by atoms with E-state index in [2.05, 4.69) is 4.90 Å². The summed E-state index contributed by atoms with van der Waals surface area (Å²) in [6.45, 7) is 2.26. The van der Waals surface area contributed by atoms with Crippen molar-refractivity contribution < 1.29 is 19.1 Å². The highest BCUT2D eigenvalue weighted by molar-refractivity contribution is 6.32. The summed E-state index contributed by atoms with van der Waals surface area (Å²) in [6, 6.07) is 20.0. The highest BCUT2D eigenvalue weighted by Gasteiger charge is 2.39. The maximum atomic E-state index is 13.9. The van der Waals surface area contributed by atoms with Crippen molar-refractivity contribution in [2.45, 2.75) is 0 Å². The van der Waals surface area contributed by atoms with Crippen LogP contribution in [0, 0.1) is 0 Å². The number of rotatable bonds is 3. The molecule has 1 saturated heterocycles. The monoisotopic (exact) mass is 465 g/mol. The van der Waals surface area contributed by atoms with Crippen LogP contribution in [0.2, 0.25) is 0 Å². The quantitative estimate of drug-likeness (QED) is 0.407. The van der Waals surface area contributed by atoms with Crippen LogP contribution in [0.3, 0.4) is 0 Å². The fourth-order valence-corrected chi connectivity index (χ4v) is 5.21. The third-order valence-electron chi connectivity index (χ3n) is 6.91. The number of benzene rings is 2. The first-order valence-electron chi connectivity index (χ1n) is 11.6. The summed E-state index contributed by atoms with van der Waals surface area (Å²) in [5.41, 5.74) is 3.06. The minimum Gasteiger partial charge on any atom is -0.495 e. The van der Waals surface area contributed by atoms with Crippen molar-refractivity contribution in [3.63, 3.8) is 0 Å². The highest BCUT2D eigenvalue weighted by Crippen LogP contribution is 2.35. The van der Waals surface area contributed by atoms with Crippen molar-refractivity contribution in [3.8, 4) is 5.75 Å². The fourth-order valence-electron chi connectivity index (χ4n) is 5.21. The number of aromatic nitrogens is 1. The summed E-state index contributed by atoms with van der Waals surface area (Å²) in [5.74, 6) is 0.0454. The van der Waals surface area contributed by atoms with Crippen LogP contribution in [0.15, 0.2) is 72.9 Å². The zero-order valence-corrected chi connectivity index (χ0v) is 19.2. The van der Waals surface area contributed by atoms with Crippen LogP contribution in [0.25, 0.3) is 5.52 Å². The molecule has 3 heterocycles. The number of nitrogens with zero attached hydrogens (tertiary/aromatic N) is 3. The van der Waals surface area contributed by atoms with Crippen LogP contribution in [0.1, 0.15) is 42.3 Å². The smallest absolute Gasteiger partial charge is 0.256 e. The van der Waals surface area contributed by atoms with E-state index in [1.165, 1.54) is 0 Å². The molecule has 7 heteroatoms. The molecule has 0 spiro atoms. The van der Waals surface area contributed by atoms with Gasteiger partial charge in [-0.1, -0.05) is 42.5 Å². The standard InChI is InChI=1S/C28H23N3O4/c1-35-22-12-5-4-10-20(22)29-14-16-30(17-15-29)28(34)23-21-11-6-7-13-31(21)25-24(23)26(32)18-8-2-3-9-19(18)27(25)33/h2-13H,14-17H2,1H3. The number of hydrogen-bond donors (Lipinski definition) is 0. The summed E-state index contributed by atoms with van der Waals surface area (Å²) in [7, 11) is 1.65. The fraction of sp³-hybridized carbons (Fsp3) is 0.179. The Balaban J connectivity index is 1.38. The largest absolute Gasteiger partial charge is 0.495 e.